The maximum atomic E-state index is 12.1. The molecule has 0 bridgehead atoms. The number of ether oxygens (including phenoxy) is 1. The van der Waals surface area contributed by atoms with Gasteiger partial charge in [-0.15, -0.1) is 0 Å². The number of halogens is 1. The zero-order valence-electron chi connectivity index (χ0n) is 10.4. The quantitative estimate of drug-likeness (QED) is 0.846. The summed E-state index contributed by atoms with van der Waals surface area (Å²) in [4.78, 5) is 12.1. The van der Waals surface area contributed by atoms with Crippen molar-refractivity contribution in [3.63, 3.8) is 0 Å². The monoisotopic (exact) mass is 316 g/mol. The SMILES string of the molecule is COCc1cc(C(=O)NC2(CBr)CCCC2)no1. The molecule has 1 heterocycles. The van der Waals surface area contributed by atoms with Crippen LogP contribution in [0.4, 0.5) is 0 Å². The molecule has 0 spiro atoms. The highest BCUT2D eigenvalue weighted by Crippen LogP contribution is 2.31. The number of hydrogen-bond donors (Lipinski definition) is 1. The predicted molar refractivity (Wildman–Crippen MR) is 69.7 cm³/mol. The molecule has 0 radical (unpaired) electrons. The number of methoxy groups -OCH3 is 1. The van der Waals surface area contributed by atoms with Crippen LogP contribution in [0.25, 0.3) is 0 Å². The van der Waals surface area contributed by atoms with E-state index < -0.39 is 0 Å². The minimum Gasteiger partial charge on any atom is -0.377 e. The Morgan fingerprint density at radius 1 is 1.61 bits per heavy atom. The van der Waals surface area contributed by atoms with E-state index in [1.54, 1.807) is 13.2 Å². The molecule has 1 aliphatic carbocycles. The minimum atomic E-state index is -0.178. The summed E-state index contributed by atoms with van der Waals surface area (Å²) >= 11 is 3.49. The Balaban J connectivity index is 2.02. The fraction of sp³-hybridized carbons (Fsp3) is 0.667. The normalized spacial score (nSPS) is 17.9. The van der Waals surface area contributed by atoms with E-state index >= 15 is 0 Å². The Labute approximate surface area is 114 Å². The van der Waals surface area contributed by atoms with E-state index in [2.05, 4.69) is 26.4 Å². The largest absolute Gasteiger partial charge is 0.377 e. The van der Waals surface area contributed by atoms with E-state index in [0.29, 0.717) is 18.1 Å². The molecule has 1 N–H and O–H groups in total. The number of carbonyl (C=O) groups is 1. The van der Waals surface area contributed by atoms with Crippen LogP contribution in [-0.2, 0) is 11.3 Å². The highest BCUT2D eigenvalue weighted by molar-refractivity contribution is 9.09. The van der Waals surface area contributed by atoms with Gasteiger partial charge >= 0.3 is 0 Å². The fourth-order valence-electron chi connectivity index (χ4n) is 2.28. The Morgan fingerprint density at radius 3 is 2.94 bits per heavy atom. The van der Waals surface area contributed by atoms with Crippen molar-refractivity contribution in [1.82, 2.24) is 10.5 Å². The van der Waals surface area contributed by atoms with Crippen molar-refractivity contribution >= 4 is 21.8 Å². The smallest absolute Gasteiger partial charge is 0.273 e. The molecule has 1 aromatic heterocycles. The highest BCUT2D eigenvalue weighted by atomic mass is 79.9. The van der Waals surface area contributed by atoms with Crippen LogP contribution in [0.2, 0.25) is 0 Å². The molecule has 0 saturated heterocycles. The molecular formula is C12H17BrN2O3. The number of amides is 1. The third-order valence-corrected chi connectivity index (χ3v) is 4.35. The summed E-state index contributed by atoms with van der Waals surface area (Å²) in [7, 11) is 1.57. The molecule has 1 aromatic rings. The first-order chi connectivity index (χ1) is 8.69. The third-order valence-electron chi connectivity index (χ3n) is 3.27. The predicted octanol–water partition coefficient (Wildman–Crippen LogP) is 2.26. The van der Waals surface area contributed by atoms with E-state index in [9.17, 15) is 4.79 Å². The number of nitrogens with one attached hydrogen (secondary N) is 1. The number of rotatable bonds is 5. The van der Waals surface area contributed by atoms with Gasteiger partial charge < -0.3 is 14.6 Å². The first-order valence-electron chi connectivity index (χ1n) is 6.02. The lowest BCUT2D eigenvalue weighted by Gasteiger charge is -2.27. The lowest BCUT2D eigenvalue weighted by atomic mass is 10.0. The van der Waals surface area contributed by atoms with Crippen LogP contribution in [0.15, 0.2) is 10.6 Å². The van der Waals surface area contributed by atoms with E-state index in [1.165, 1.54) is 0 Å². The average molecular weight is 317 g/mol. The van der Waals surface area contributed by atoms with Crippen LogP contribution in [0.5, 0.6) is 0 Å². The molecule has 0 unspecified atom stereocenters. The van der Waals surface area contributed by atoms with Crippen molar-refractivity contribution in [1.29, 1.82) is 0 Å². The number of carbonyl (C=O) groups excluding carboxylic acids is 1. The molecule has 18 heavy (non-hydrogen) atoms. The number of hydrogen-bond acceptors (Lipinski definition) is 4. The zero-order chi connectivity index (χ0) is 13.0. The zero-order valence-corrected chi connectivity index (χ0v) is 12.0. The van der Waals surface area contributed by atoms with Crippen molar-refractivity contribution in [2.24, 2.45) is 0 Å². The second-order valence-corrected chi connectivity index (χ2v) is 5.25. The molecule has 1 saturated carbocycles. The maximum absolute atomic E-state index is 12.1. The third kappa shape index (κ3) is 2.92. The number of aromatic nitrogens is 1. The van der Waals surface area contributed by atoms with Gasteiger partial charge in [0, 0.05) is 18.5 Å². The lowest BCUT2D eigenvalue weighted by molar-refractivity contribution is 0.0900. The van der Waals surface area contributed by atoms with E-state index in [-0.39, 0.29) is 11.4 Å². The molecule has 100 valence electrons. The molecule has 1 aliphatic rings. The topological polar surface area (TPSA) is 64.4 Å². The molecule has 0 atom stereocenters. The Bertz CT molecular complexity index is 413. The molecule has 1 fully saturated rings. The minimum absolute atomic E-state index is 0.128. The maximum Gasteiger partial charge on any atom is 0.273 e. The van der Waals surface area contributed by atoms with Gasteiger partial charge in [0.1, 0.15) is 6.61 Å². The molecule has 0 aromatic carbocycles. The van der Waals surface area contributed by atoms with Crippen LogP contribution in [-0.4, -0.2) is 29.0 Å². The van der Waals surface area contributed by atoms with Gasteiger partial charge in [0.2, 0.25) is 0 Å². The van der Waals surface area contributed by atoms with Gasteiger partial charge in [-0.05, 0) is 12.8 Å². The second-order valence-electron chi connectivity index (χ2n) is 4.69. The van der Waals surface area contributed by atoms with E-state index in [4.69, 9.17) is 9.26 Å². The fourth-order valence-corrected chi connectivity index (χ4v) is 2.98. The van der Waals surface area contributed by atoms with E-state index in [1.807, 2.05) is 0 Å². The van der Waals surface area contributed by atoms with Gasteiger partial charge in [-0.2, -0.15) is 0 Å². The molecule has 1 amide bonds. The molecule has 0 aliphatic heterocycles. The Hall–Kier alpha value is -0.880. The van der Waals surface area contributed by atoms with Crippen molar-refractivity contribution < 1.29 is 14.1 Å². The van der Waals surface area contributed by atoms with Crippen LogP contribution in [0, 0.1) is 0 Å². The molecule has 6 heteroatoms. The van der Waals surface area contributed by atoms with Gasteiger partial charge in [0.15, 0.2) is 11.5 Å². The first-order valence-corrected chi connectivity index (χ1v) is 7.14. The summed E-state index contributed by atoms with van der Waals surface area (Å²) in [6.07, 6.45) is 4.32. The lowest BCUT2D eigenvalue weighted by Crippen LogP contribution is -2.47. The van der Waals surface area contributed by atoms with Crippen molar-refractivity contribution in [3.05, 3.63) is 17.5 Å². The molecule has 2 rings (SSSR count). The van der Waals surface area contributed by atoms with Crippen LogP contribution in [0.1, 0.15) is 41.9 Å². The Morgan fingerprint density at radius 2 is 2.33 bits per heavy atom. The summed E-state index contributed by atoms with van der Waals surface area (Å²) in [6.45, 7) is 0.323. The van der Waals surface area contributed by atoms with Crippen molar-refractivity contribution in [3.8, 4) is 0 Å². The summed E-state index contributed by atoms with van der Waals surface area (Å²) < 4.78 is 9.93. The summed E-state index contributed by atoms with van der Waals surface area (Å²) in [5.41, 5.74) is 0.187. The van der Waals surface area contributed by atoms with Gasteiger partial charge in [-0.25, -0.2) is 0 Å². The van der Waals surface area contributed by atoms with Crippen LogP contribution >= 0.6 is 15.9 Å². The average Bonchev–Trinajstić information content (AvgIpc) is 2.99. The van der Waals surface area contributed by atoms with E-state index in [0.717, 1.165) is 31.0 Å². The summed E-state index contributed by atoms with van der Waals surface area (Å²) in [5, 5.41) is 7.60. The number of alkyl halides is 1. The van der Waals surface area contributed by atoms with Crippen molar-refractivity contribution in [2.45, 2.75) is 37.8 Å². The Kier molecular flexibility index (Phi) is 4.40. The van der Waals surface area contributed by atoms with Gasteiger partial charge in [0.05, 0.1) is 5.54 Å². The van der Waals surface area contributed by atoms with Gasteiger partial charge in [0.25, 0.3) is 5.91 Å². The summed E-state index contributed by atoms with van der Waals surface area (Å²) in [6, 6.07) is 1.62. The van der Waals surface area contributed by atoms with Gasteiger partial charge in [-0.1, -0.05) is 33.9 Å². The second kappa shape index (κ2) is 5.84. The number of nitrogens with zero attached hydrogens (tertiary/aromatic N) is 1. The van der Waals surface area contributed by atoms with Crippen LogP contribution in [0.3, 0.4) is 0 Å². The highest BCUT2D eigenvalue weighted by Gasteiger charge is 2.35. The van der Waals surface area contributed by atoms with Crippen LogP contribution < -0.4 is 5.32 Å². The first kappa shape index (κ1) is 13.5. The standard InChI is InChI=1S/C12H17BrN2O3/c1-17-7-9-6-10(15-18-9)11(16)14-12(8-13)4-2-3-5-12/h6H,2-5,7-8H2,1H3,(H,14,16). The van der Waals surface area contributed by atoms with Crippen molar-refractivity contribution in [2.75, 3.05) is 12.4 Å². The summed E-state index contributed by atoms with van der Waals surface area (Å²) in [5.74, 6) is 0.379. The molecular weight excluding hydrogens is 300 g/mol. The molecule has 5 nitrogen and oxygen atoms in total. The van der Waals surface area contributed by atoms with Gasteiger partial charge in [-0.3, -0.25) is 4.79 Å².